The first kappa shape index (κ1) is 25.4. The highest BCUT2D eigenvalue weighted by molar-refractivity contribution is 5.93. The molecule has 3 aromatic rings. The third-order valence-electron chi connectivity index (χ3n) is 6.11. The third kappa shape index (κ3) is 5.84. The second kappa shape index (κ2) is 11.3. The minimum atomic E-state index is -0.0694. The van der Waals surface area contributed by atoms with Gasteiger partial charge in [-0.2, -0.15) is 0 Å². The SMILES string of the molecule is CC.COCc1ccnc(C(=O)N2CC(C)(c3ccc(OCc4ccc(C)cc4)c(C)c3)C2)c1. The smallest absolute Gasteiger partial charge is 0.272 e. The molecule has 34 heavy (non-hydrogen) atoms. The van der Waals surface area contributed by atoms with E-state index in [1.54, 1.807) is 13.3 Å². The van der Waals surface area contributed by atoms with Crippen LogP contribution in [0.4, 0.5) is 0 Å². The van der Waals surface area contributed by atoms with Crippen molar-refractivity contribution in [3.63, 3.8) is 0 Å². The maximum absolute atomic E-state index is 12.9. The van der Waals surface area contributed by atoms with Crippen LogP contribution in [0.2, 0.25) is 0 Å². The van der Waals surface area contributed by atoms with E-state index in [9.17, 15) is 4.79 Å². The highest BCUT2D eigenvalue weighted by Gasteiger charge is 2.43. The summed E-state index contributed by atoms with van der Waals surface area (Å²) in [5.41, 5.74) is 6.08. The molecule has 1 fully saturated rings. The predicted molar refractivity (Wildman–Crippen MR) is 136 cm³/mol. The van der Waals surface area contributed by atoms with Crippen LogP contribution in [0.25, 0.3) is 0 Å². The van der Waals surface area contributed by atoms with Gasteiger partial charge in [-0.05, 0) is 54.3 Å². The van der Waals surface area contributed by atoms with Crippen LogP contribution in [0.1, 0.15) is 59.1 Å². The number of carbonyl (C=O) groups is 1. The number of hydrogen-bond donors (Lipinski definition) is 0. The fourth-order valence-electron chi connectivity index (χ4n) is 4.16. The monoisotopic (exact) mass is 460 g/mol. The van der Waals surface area contributed by atoms with Gasteiger partial charge in [0.05, 0.1) is 6.61 Å². The molecule has 0 radical (unpaired) electrons. The summed E-state index contributed by atoms with van der Waals surface area (Å²) in [5, 5.41) is 0. The topological polar surface area (TPSA) is 51.7 Å². The van der Waals surface area contributed by atoms with Gasteiger partial charge in [-0.1, -0.05) is 62.7 Å². The summed E-state index contributed by atoms with van der Waals surface area (Å²) in [4.78, 5) is 19.0. The molecule has 0 bridgehead atoms. The number of methoxy groups -OCH3 is 1. The summed E-state index contributed by atoms with van der Waals surface area (Å²) in [6, 6.07) is 18.4. The van der Waals surface area contributed by atoms with E-state index in [4.69, 9.17) is 9.47 Å². The number of pyridine rings is 1. The molecule has 0 N–H and O–H groups in total. The second-order valence-corrected chi connectivity index (χ2v) is 8.96. The number of nitrogens with zero attached hydrogens (tertiary/aromatic N) is 2. The van der Waals surface area contributed by atoms with E-state index < -0.39 is 0 Å². The van der Waals surface area contributed by atoms with Gasteiger partial charge in [0.2, 0.25) is 0 Å². The van der Waals surface area contributed by atoms with Crippen LogP contribution in [0.3, 0.4) is 0 Å². The van der Waals surface area contributed by atoms with E-state index in [0.29, 0.717) is 32.0 Å². The van der Waals surface area contributed by atoms with Crippen LogP contribution >= 0.6 is 0 Å². The lowest BCUT2D eigenvalue weighted by atomic mass is 9.75. The molecule has 2 aromatic carbocycles. The first-order chi connectivity index (χ1) is 16.4. The zero-order valence-corrected chi connectivity index (χ0v) is 21.2. The van der Waals surface area contributed by atoms with Crippen molar-refractivity contribution in [1.82, 2.24) is 9.88 Å². The molecular weight excluding hydrogens is 424 g/mol. The largest absolute Gasteiger partial charge is 0.489 e. The normalized spacial score (nSPS) is 14.0. The van der Waals surface area contributed by atoms with E-state index in [2.05, 4.69) is 62.2 Å². The maximum atomic E-state index is 12.9. The Hall–Kier alpha value is -3.18. The lowest BCUT2D eigenvalue weighted by molar-refractivity contribution is 0.0427. The van der Waals surface area contributed by atoms with Crippen molar-refractivity contribution in [1.29, 1.82) is 0 Å². The molecule has 0 aliphatic carbocycles. The number of aryl methyl sites for hydroxylation is 2. The molecule has 4 rings (SSSR count). The van der Waals surface area contributed by atoms with E-state index in [0.717, 1.165) is 22.4 Å². The first-order valence-corrected chi connectivity index (χ1v) is 11.9. The maximum Gasteiger partial charge on any atom is 0.272 e. The lowest BCUT2D eigenvalue weighted by Crippen LogP contribution is -2.59. The van der Waals surface area contributed by atoms with Crippen molar-refractivity contribution in [2.45, 2.75) is 53.2 Å². The van der Waals surface area contributed by atoms with Crippen molar-refractivity contribution in [2.75, 3.05) is 20.2 Å². The molecule has 2 heterocycles. The number of benzene rings is 2. The van der Waals surface area contributed by atoms with Gasteiger partial charge in [-0.15, -0.1) is 0 Å². The molecule has 0 spiro atoms. The van der Waals surface area contributed by atoms with Gasteiger partial charge >= 0.3 is 0 Å². The molecule has 0 saturated carbocycles. The average molecular weight is 461 g/mol. The van der Waals surface area contributed by atoms with Crippen molar-refractivity contribution < 1.29 is 14.3 Å². The first-order valence-electron chi connectivity index (χ1n) is 11.9. The molecule has 5 nitrogen and oxygen atoms in total. The Morgan fingerprint density at radius 1 is 0.971 bits per heavy atom. The zero-order chi connectivity index (χ0) is 24.7. The van der Waals surface area contributed by atoms with Crippen LogP contribution in [0, 0.1) is 13.8 Å². The lowest BCUT2D eigenvalue weighted by Gasteiger charge is -2.48. The number of aromatic nitrogens is 1. The Bertz CT molecular complexity index is 1100. The highest BCUT2D eigenvalue weighted by Crippen LogP contribution is 2.37. The molecule has 5 heteroatoms. The van der Waals surface area contributed by atoms with Gasteiger partial charge in [0.15, 0.2) is 0 Å². The third-order valence-corrected chi connectivity index (χ3v) is 6.11. The van der Waals surface area contributed by atoms with Crippen LogP contribution in [0.15, 0.2) is 60.8 Å². The molecular formula is C29H36N2O3. The van der Waals surface area contributed by atoms with Gasteiger partial charge in [0.1, 0.15) is 18.1 Å². The Morgan fingerprint density at radius 2 is 1.68 bits per heavy atom. The number of likely N-dealkylation sites (tertiary alicyclic amines) is 1. The Balaban J connectivity index is 0.00000158. The fraction of sp³-hybridized carbons (Fsp3) is 0.379. The Labute approximate surface area is 203 Å². The van der Waals surface area contributed by atoms with Gasteiger partial charge in [-0.3, -0.25) is 9.78 Å². The zero-order valence-electron chi connectivity index (χ0n) is 21.2. The molecule has 1 aliphatic rings. The van der Waals surface area contributed by atoms with Crippen LogP contribution in [0.5, 0.6) is 5.75 Å². The number of carbonyl (C=O) groups excluding carboxylic acids is 1. The quantitative estimate of drug-likeness (QED) is 0.443. The van der Waals surface area contributed by atoms with Crippen LogP contribution < -0.4 is 4.74 Å². The highest BCUT2D eigenvalue weighted by atomic mass is 16.5. The van der Waals surface area contributed by atoms with E-state index in [1.807, 2.05) is 36.9 Å². The van der Waals surface area contributed by atoms with Gasteiger partial charge in [-0.25, -0.2) is 0 Å². The van der Waals surface area contributed by atoms with Gasteiger partial charge < -0.3 is 14.4 Å². The van der Waals surface area contributed by atoms with E-state index in [-0.39, 0.29) is 11.3 Å². The molecule has 180 valence electrons. The fourth-order valence-corrected chi connectivity index (χ4v) is 4.16. The molecule has 1 saturated heterocycles. The number of hydrogen-bond acceptors (Lipinski definition) is 4. The molecule has 1 aromatic heterocycles. The van der Waals surface area contributed by atoms with Crippen molar-refractivity contribution in [3.8, 4) is 5.75 Å². The summed E-state index contributed by atoms with van der Waals surface area (Å²) in [6.07, 6.45) is 1.67. The Morgan fingerprint density at radius 3 is 2.32 bits per heavy atom. The number of amides is 1. The second-order valence-electron chi connectivity index (χ2n) is 8.96. The van der Waals surface area contributed by atoms with Crippen molar-refractivity contribution in [2.24, 2.45) is 0 Å². The number of ether oxygens (including phenoxy) is 2. The standard InChI is InChI=1S/C27H30N2O3.C2H6/c1-19-5-7-21(8-6-19)16-32-25-10-9-23(13-20(25)2)27(3)17-29(18-27)26(30)24-14-22(15-31-4)11-12-28-24;1-2/h5-14H,15-18H2,1-4H3;1-2H3. The van der Waals surface area contributed by atoms with Crippen LogP contribution in [-0.4, -0.2) is 36.0 Å². The van der Waals surface area contributed by atoms with Gasteiger partial charge in [0.25, 0.3) is 5.91 Å². The van der Waals surface area contributed by atoms with Crippen molar-refractivity contribution >= 4 is 5.91 Å². The molecule has 0 unspecified atom stereocenters. The van der Waals surface area contributed by atoms with Gasteiger partial charge in [0, 0.05) is 31.8 Å². The van der Waals surface area contributed by atoms with Crippen molar-refractivity contribution in [3.05, 3.63) is 94.3 Å². The molecule has 1 amide bonds. The summed E-state index contributed by atoms with van der Waals surface area (Å²) in [5.74, 6) is 0.861. The minimum absolute atomic E-state index is 0.0322. The van der Waals surface area contributed by atoms with E-state index >= 15 is 0 Å². The summed E-state index contributed by atoms with van der Waals surface area (Å²) in [7, 11) is 1.64. The minimum Gasteiger partial charge on any atom is -0.489 e. The summed E-state index contributed by atoms with van der Waals surface area (Å²) < 4.78 is 11.2. The average Bonchev–Trinajstić information content (AvgIpc) is 2.83. The molecule has 1 aliphatic heterocycles. The summed E-state index contributed by atoms with van der Waals surface area (Å²) in [6.45, 7) is 12.7. The van der Waals surface area contributed by atoms with E-state index in [1.165, 1.54) is 11.1 Å². The predicted octanol–water partition coefficient (Wildman–Crippen LogP) is 5.86. The Kier molecular flexibility index (Phi) is 8.46. The molecule has 0 atom stereocenters. The summed E-state index contributed by atoms with van der Waals surface area (Å²) >= 11 is 0. The number of rotatable bonds is 7. The van der Waals surface area contributed by atoms with Crippen LogP contribution in [-0.2, 0) is 23.4 Å².